The van der Waals surface area contributed by atoms with E-state index in [0.717, 1.165) is 23.0 Å². The number of nitrogens with one attached hydrogen (secondary N) is 2. The maximum Gasteiger partial charge on any atom is 0.317 e. The second kappa shape index (κ2) is 8.03. The van der Waals surface area contributed by atoms with Crippen LogP contribution in [0.1, 0.15) is 19.3 Å². The molecule has 1 fully saturated rings. The Labute approximate surface area is 138 Å². The van der Waals surface area contributed by atoms with Crippen LogP contribution in [0, 0.1) is 0 Å². The van der Waals surface area contributed by atoms with Gasteiger partial charge in [-0.3, -0.25) is 4.79 Å². The lowest BCUT2D eigenvalue weighted by Crippen LogP contribution is -2.47. The number of likely N-dealkylation sites (tertiary alicyclic amines) is 1. The molecule has 0 spiro atoms. The molecule has 1 saturated heterocycles. The quantitative estimate of drug-likeness (QED) is 0.744. The number of carboxylic acid groups (broad SMARTS) is 1. The number of urea groups is 1. The van der Waals surface area contributed by atoms with Crippen LogP contribution >= 0.6 is 15.9 Å². The Hall–Kier alpha value is -1.76. The molecule has 0 saturated carbocycles. The molecule has 0 aromatic heterocycles. The van der Waals surface area contributed by atoms with Gasteiger partial charge in [-0.2, -0.15) is 0 Å². The first-order chi connectivity index (χ1) is 10.5. The van der Waals surface area contributed by atoms with E-state index in [2.05, 4.69) is 26.6 Å². The molecule has 2 rings (SSSR count). The van der Waals surface area contributed by atoms with E-state index in [4.69, 9.17) is 5.11 Å². The van der Waals surface area contributed by atoms with Crippen LogP contribution in [0.2, 0.25) is 0 Å². The molecular formula is C15H20BrN3O3. The van der Waals surface area contributed by atoms with Gasteiger partial charge in [0.15, 0.2) is 0 Å². The summed E-state index contributed by atoms with van der Waals surface area (Å²) in [4.78, 5) is 24.0. The Bertz CT molecular complexity index is 531. The first-order valence-corrected chi connectivity index (χ1v) is 8.10. The van der Waals surface area contributed by atoms with E-state index >= 15 is 0 Å². The number of rotatable bonds is 5. The third-order valence-corrected chi connectivity index (χ3v) is 4.09. The third kappa shape index (κ3) is 5.22. The summed E-state index contributed by atoms with van der Waals surface area (Å²) in [6.07, 6.45) is 1.70. The van der Waals surface area contributed by atoms with Crippen molar-refractivity contribution >= 4 is 33.6 Å². The second-order valence-electron chi connectivity index (χ2n) is 5.29. The van der Waals surface area contributed by atoms with E-state index < -0.39 is 5.97 Å². The van der Waals surface area contributed by atoms with Gasteiger partial charge in [0, 0.05) is 35.8 Å². The zero-order valence-electron chi connectivity index (χ0n) is 12.2. The van der Waals surface area contributed by atoms with E-state index in [1.165, 1.54) is 0 Å². The summed E-state index contributed by atoms with van der Waals surface area (Å²) < 4.78 is 1.03. The highest BCUT2D eigenvalue weighted by Gasteiger charge is 2.22. The molecule has 0 aliphatic carbocycles. The van der Waals surface area contributed by atoms with Crippen molar-refractivity contribution in [2.24, 2.45) is 0 Å². The monoisotopic (exact) mass is 369 g/mol. The number of aliphatic carboxylic acids is 1. The topological polar surface area (TPSA) is 81.7 Å². The number of amides is 2. The Morgan fingerprint density at radius 3 is 2.68 bits per heavy atom. The van der Waals surface area contributed by atoms with Gasteiger partial charge < -0.3 is 20.6 Å². The molecule has 1 aromatic rings. The number of carbonyl (C=O) groups is 2. The molecule has 1 aliphatic rings. The molecule has 2 amide bonds. The summed E-state index contributed by atoms with van der Waals surface area (Å²) in [6.45, 7) is 1.51. The van der Waals surface area contributed by atoms with Gasteiger partial charge in [0.2, 0.25) is 0 Å². The van der Waals surface area contributed by atoms with Crippen LogP contribution in [0.15, 0.2) is 28.7 Å². The lowest BCUT2D eigenvalue weighted by Gasteiger charge is -2.32. The lowest BCUT2D eigenvalue weighted by molar-refractivity contribution is -0.136. The summed E-state index contributed by atoms with van der Waals surface area (Å²) in [5.74, 6) is -0.905. The highest BCUT2D eigenvalue weighted by atomic mass is 79.9. The van der Waals surface area contributed by atoms with E-state index in [-0.39, 0.29) is 19.0 Å². The van der Waals surface area contributed by atoms with Crippen LogP contribution in [-0.4, -0.2) is 47.7 Å². The molecule has 0 atom stereocenters. The number of carboxylic acids is 1. The normalized spacial score (nSPS) is 15.4. The summed E-state index contributed by atoms with van der Waals surface area (Å²) in [6, 6.07) is 8.19. The molecule has 6 nitrogen and oxygen atoms in total. The SMILES string of the molecule is O=C(O)CCNC(=O)N1CCC(Nc2cccc(Br)c2)CC1. The van der Waals surface area contributed by atoms with Crippen molar-refractivity contribution in [2.75, 3.05) is 25.0 Å². The number of hydrogen-bond acceptors (Lipinski definition) is 3. The van der Waals surface area contributed by atoms with Crippen LogP contribution in [-0.2, 0) is 4.79 Å². The van der Waals surface area contributed by atoms with Crippen molar-refractivity contribution in [3.63, 3.8) is 0 Å². The molecule has 0 radical (unpaired) electrons. The predicted octanol–water partition coefficient (Wildman–Crippen LogP) is 2.51. The van der Waals surface area contributed by atoms with E-state index in [1.807, 2.05) is 24.3 Å². The van der Waals surface area contributed by atoms with Gasteiger partial charge in [-0.25, -0.2) is 4.79 Å². The van der Waals surface area contributed by atoms with Crippen molar-refractivity contribution in [3.05, 3.63) is 28.7 Å². The van der Waals surface area contributed by atoms with Crippen molar-refractivity contribution < 1.29 is 14.7 Å². The Kier molecular flexibility index (Phi) is 6.06. The zero-order valence-corrected chi connectivity index (χ0v) is 13.8. The van der Waals surface area contributed by atoms with Gasteiger partial charge in [0.05, 0.1) is 6.42 Å². The van der Waals surface area contributed by atoms with Crippen LogP contribution in [0.5, 0.6) is 0 Å². The molecule has 7 heteroatoms. The molecule has 0 unspecified atom stereocenters. The van der Waals surface area contributed by atoms with Gasteiger partial charge in [-0.1, -0.05) is 22.0 Å². The fourth-order valence-electron chi connectivity index (χ4n) is 2.43. The molecule has 3 N–H and O–H groups in total. The number of anilines is 1. The molecule has 1 aliphatic heterocycles. The molecule has 22 heavy (non-hydrogen) atoms. The number of carbonyl (C=O) groups excluding carboxylic acids is 1. The minimum atomic E-state index is -0.905. The van der Waals surface area contributed by atoms with Gasteiger partial charge in [0.1, 0.15) is 0 Å². The molecule has 120 valence electrons. The fraction of sp³-hybridized carbons (Fsp3) is 0.467. The molecular weight excluding hydrogens is 350 g/mol. The third-order valence-electron chi connectivity index (χ3n) is 3.59. The van der Waals surface area contributed by atoms with E-state index in [9.17, 15) is 9.59 Å². The van der Waals surface area contributed by atoms with Crippen LogP contribution in [0.4, 0.5) is 10.5 Å². The highest BCUT2D eigenvalue weighted by molar-refractivity contribution is 9.10. The average molecular weight is 370 g/mol. The number of piperidine rings is 1. The van der Waals surface area contributed by atoms with Gasteiger partial charge in [-0.05, 0) is 31.0 Å². The van der Waals surface area contributed by atoms with Gasteiger partial charge in [-0.15, -0.1) is 0 Å². The van der Waals surface area contributed by atoms with Crippen LogP contribution in [0.3, 0.4) is 0 Å². The summed E-state index contributed by atoms with van der Waals surface area (Å²) in [5.41, 5.74) is 1.07. The van der Waals surface area contributed by atoms with Crippen molar-refractivity contribution in [1.82, 2.24) is 10.2 Å². The Morgan fingerprint density at radius 2 is 2.05 bits per heavy atom. The minimum absolute atomic E-state index is 0.0490. The van der Waals surface area contributed by atoms with Gasteiger partial charge >= 0.3 is 12.0 Å². The minimum Gasteiger partial charge on any atom is -0.481 e. The molecule has 1 aromatic carbocycles. The number of nitrogens with zero attached hydrogens (tertiary/aromatic N) is 1. The maximum absolute atomic E-state index is 11.9. The first-order valence-electron chi connectivity index (χ1n) is 7.31. The highest BCUT2D eigenvalue weighted by Crippen LogP contribution is 2.20. The lowest BCUT2D eigenvalue weighted by atomic mass is 10.0. The zero-order chi connectivity index (χ0) is 15.9. The largest absolute Gasteiger partial charge is 0.481 e. The first kappa shape index (κ1) is 16.6. The maximum atomic E-state index is 11.9. The summed E-state index contributed by atoms with van der Waals surface area (Å²) >= 11 is 3.45. The van der Waals surface area contributed by atoms with E-state index in [0.29, 0.717) is 19.1 Å². The van der Waals surface area contributed by atoms with Crippen molar-refractivity contribution in [3.8, 4) is 0 Å². The fourth-order valence-corrected chi connectivity index (χ4v) is 2.83. The standard InChI is InChI=1S/C15H20BrN3O3/c16-11-2-1-3-13(10-11)18-12-5-8-19(9-6-12)15(22)17-7-4-14(20)21/h1-3,10,12,18H,4-9H2,(H,17,22)(H,20,21). The van der Waals surface area contributed by atoms with Gasteiger partial charge in [0.25, 0.3) is 0 Å². The molecule has 0 bridgehead atoms. The van der Waals surface area contributed by atoms with Crippen LogP contribution < -0.4 is 10.6 Å². The number of hydrogen-bond donors (Lipinski definition) is 3. The molecule has 1 heterocycles. The Morgan fingerprint density at radius 1 is 1.32 bits per heavy atom. The van der Waals surface area contributed by atoms with Crippen molar-refractivity contribution in [2.45, 2.75) is 25.3 Å². The second-order valence-corrected chi connectivity index (χ2v) is 6.21. The van der Waals surface area contributed by atoms with Crippen LogP contribution in [0.25, 0.3) is 0 Å². The van der Waals surface area contributed by atoms with E-state index in [1.54, 1.807) is 4.90 Å². The summed E-state index contributed by atoms with van der Waals surface area (Å²) in [5, 5.41) is 14.7. The summed E-state index contributed by atoms with van der Waals surface area (Å²) in [7, 11) is 0. The predicted molar refractivity (Wildman–Crippen MR) is 88.0 cm³/mol. The Balaban J connectivity index is 1.73. The number of halogens is 1. The number of benzene rings is 1. The van der Waals surface area contributed by atoms with Crippen molar-refractivity contribution in [1.29, 1.82) is 0 Å². The average Bonchev–Trinajstić information content (AvgIpc) is 2.47. The smallest absolute Gasteiger partial charge is 0.317 e.